The van der Waals surface area contributed by atoms with Gasteiger partial charge in [-0.25, -0.2) is 0 Å². The maximum Gasteiger partial charge on any atom is 0.242 e. The van der Waals surface area contributed by atoms with Gasteiger partial charge in [0, 0.05) is 20.1 Å². The Morgan fingerprint density at radius 2 is 2.08 bits per heavy atom. The van der Waals surface area contributed by atoms with Crippen LogP contribution in [0.3, 0.4) is 0 Å². The molecule has 1 rings (SSSR count). The van der Waals surface area contributed by atoms with E-state index in [0.29, 0.717) is 5.92 Å². The summed E-state index contributed by atoms with van der Waals surface area (Å²) in [5.41, 5.74) is 0. The third kappa shape index (κ3) is 2.19. The van der Waals surface area contributed by atoms with Crippen LogP contribution in [0.5, 0.6) is 0 Å². The van der Waals surface area contributed by atoms with E-state index in [2.05, 4.69) is 6.92 Å². The molecule has 76 valence electrons. The van der Waals surface area contributed by atoms with Gasteiger partial charge in [-0.1, -0.05) is 6.92 Å². The Morgan fingerprint density at radius 1 is 1.46 bits per heavy atom. The monoisotopic (exact) mass is 186 g/mol. The summed E-state index contributed by atoms with van der Waals surface area (Å²) in [5.74, 6) is 0.491. The van der Waals surface area contributed by atoms with E-state index in [1.54, 1.807) is 11.9 Å². The molecule has 1 fully saturated rings. The number of hydrogen-bond donors (Lipinski definition) is 1. The first kappa shape index (κ1) is 10.5. The van der Waals surface area contributed by atoms with Gasteiger partial charge in [0.1, 0.15) is 6.04 Å². The summed E-state index contributed by atoms with van der Waals surface area (Å²) in [6.07, 6.45) is 0. The quantitative estimate of drug-likeness (QED) is 0.594. The predicted molar refractivity (Wildman–Crippen MR) is 50.3 cm³/mol. The zero-order valence-electron chi connectivity index (χ0n) is 8.53. The van der Waals surface area contributed by atoms with Crippen molar-refractivity contribution >= 4 is 5.91 Å². The highest BCUT2D eigenvalue weighted by Crippen LogP contribution is 2.11. The molecule has 2 unspecified atom stereocenters. The molecule has 1 heterocycles. The molecule has 0 radical (unpaired) electrons. The number of aliphatic hydroxyl groups is 1. The third-order valence-electron chi connectivity index (χ3n) is 2.55. The van der Waals surface area contributed by atoms with Crippen LogP contribution in [0.4, 0.5) is 0 Å². The standard InChI is InChI=1S/C9H18N2O2/c1-7-4-10(2)8(6-12)9(13)11(3)5-7/h7-8,12H,4-6H2,1-3H3. The second kappa shape index (κ2) is 4.07. The van der Waals surface area contributed by atoms with Crippen LogP contribution in [0, 0.1) is 5.92 Å². The summed E-state index contributed by atoms with van der Waals surface area (Å²) >= 11 is 0. The van der Waals surface area contributed by atoms with Crippen LogP contribution in [-0.2, 0) is 4.79 Å². The molecule has 0 bridgehead atoms. The fourth-order valence-corrected chi connectivity index (χ4v) is 1.89. The first-order valence-electron chi connectivity index (χ1n) is 4.62. The van der Waals surface area contributed by atoms with E-state index >= 15 is 0 Å². The van der Waals surface area contributed by atoms with Crippen molar-refractivity contribution in [1.29, 1.82) is 0 Å². The van der Waals surface area contributed by atoms with E-state index in [-0.39, 0.29) is 18.6 Å². The molecule has 1 saturated heterocycles. The Labute approximate surface area is 79.1 Å². The van der Waals surface area contributed by atoms with Gasteiger partial charge < -0.3 is 10.0 Å². The normalized spacial score (nSPS) is 32.0. The number of carbonyl (C=O) groups is 1. The number of aliphatic hydroxyl groups excluding tert-OH is 1. The maximum atomic E-state index is 11.7. The molecule has 4 heteroatoms. The van der Waals surface area contributed by atoms with Crippen LogP contribution in [0.15, 0.2) is 0 Å². The average Bonchev–Trinajstić information content (AvgIpc) is 2.11. The van der Waals surface area contributed by atoms with E-state index in [1.807, 2.05) is 11.9 Å². The number of carbonyl (C=O) groups excluding carboxylic acids is 1. The SMILES string of the molecule is CC1CN(C)C(=O)C(CO)N(C)C1. The first-order valence-corrected chi connectivity index (χ1v) is 4.62. The summed E-state index contributed by atoms with van der Waals surface area (Å²) < 4.78 is 0. The fraction of sp³-hybridized carbons (Fsp3) is 0.889. The first-order chi connectivity index (χ1) is 6.06. The smallest absolute Gasteiger partial charge is 0.242 e. The van der Waals surface area contributed by atoms with Crippen molar-refractivity contribution in [2.24, 2.45) is 5.92 Å². The van der Waals surface area contributed by atoms with Crippen LogP contribution >= 0.6 is 0 Å². The molecular formula is C9H18N2O2. The van der Waals surface area contributed by atoms with Crippen molar-refractivity contribution in [3.05, 3.63) is 0 Å². The molecule has 0 saturated carbocycles. The van der Waals surface area contributed by atoms with Crippen molar-refractivity contribution in [3.8, 4) is 0 Å². The molecule has 4 nitrogen and oxygen atoms in total. The van der Waals surface area contributed by atoms with E-state index in [9.17, 15) is 4.79 Å². The van der Waals surface area contributed by atoms with E-state index in [1.165, 1.54) is 0 Å². The topological polar surface area (TPSA) is 43.8 Å². The molecule has 0 aliphatic carbocycles. The highest BCUT2D eigenvalue weighted by molar-refractivity contribution is 5.82. The number of amides is 1. The summed E-state index contributed by atoms with van der Waals surface area (Å²) in [6, 6.07) is -0.352. The van der Waals surface area contributed by atoms with Gasteiger partial charge in [-0.05, 0) is 13.0 Å². The van der Waals surface area contributed by atoms with Gasteiger partial charge in [0.25, 0.3) is 0 Å². The zero-order valence-corrected chi connectivity index (χ0v) is 8.53. The summed E-state index contributed by atoms with van der Waals surface area (Å²) in [7, 11) is 3.68. The molecule has 2 atom stereocenters. The minimum absolute atomic E-state index is 0.0225. The van der Waals surface area contributed by atoms with Gasteiger partial charge in [-0.3, -0.25) is 9.69 Å². The van der Waals surface area contributed by atoms with Crippen LogP contribution in [-0.4, -0.2) is 60.6 Å². The molecule has 1 aliphatic rings. The Morgan fingerprint density at radius 3 is 2.62 bits per heavy atom. The lowest BCUT2D eigenvalue weighted by Gasteiger charge is -2.24. The van der Waals surface area contributed by atoms with Crippen LogP contribution < -0.4 is 0 Å². The predicted octanol–water partition coefficient (Wildman–Crippen LogP) is -0.613. The van der Waals surface area contributed by atoms with Crippen molar-refractivity contribution < 1.29 is 9.90 Å². The summed E-state index contributed by atoms with van der Waals surface area (Å²) in [6.45, 7) is 3.66. The van der Waals surface area contributed by atoms with E-state index in [4.69, 9.17) is 5.11 Å². The number of nitrogens with zero attached hydrogens (tertiary/aromatic N) is 2. The molecule has 1 aliphatic heterocycles. The molecule has 1 N–H and O–H groups in total. The molecule has 0 aromatic heterocycles. The van der Waals surface area contributed by atoms with E-state index in [0.717, 1.165) is 13.1 Å². The Balaban J connectivity index is 2.77. The van der Waals surface area contributed by atoms with Crippen LogP contribution in [0.2, 0.25) is 0 Å². The summed E-state index contributed by atoms with van der Waals surface area (Å²) in [4.78, 5) is 15.3. The van der Waals surface area contributed by atoms with Gasteiger partial charge in [0.05, 0.1) is 6.61 Å². The largest absolute Gasteiger partial charge is 0.394 e. The highest BCUT2D eigenvalue weighted by atomic mass is 16.3. The Hall–Kier alpha value is -0.610. The molecule has 0 aromatic carbocycles. The maximum absolute atomic E-state index is 11.7. The van der Waals surface area contributed by atoms with Crippen LogP contribution in [0.25, 0.3) is 0 Å². The Kier molecular flexibility index (Phi) is 3.27. The minimum atomic E-state index is -0.352. The number of hydrogen-bond acceptors (Lipinski definition) is 3. The number of likely N-dealkylation sites (N-methyl/N-ethyl adjacent to an activating group) is 2. The van der Waals surface area contributed by atoms with Crippen LogP contribution in [0.1, 0.15) is 6.92 Å². The lowest BCUT2D eigenvalue weighted by atomic mass is 10.2. The van der Waals surface area contributed by atoms with Gasteiger partial charge >= 0.3 is 0 Å². The van der Waals surface area contributed by atoms with Crippen molar-refractivity contribution in [2.45, 2.75) is 13.0 Å². The second-order valence-electron chi connectivity index (χ2n) is 3.96. The molecule has 0 spiro atoms. The van der Waals surface area contributed by atoms with Gasteiger partial charge in [0.2, 0.25) is 5.91 Å². The van der Waals surface area contributed by atoms with Gasteiger partial charge in [0.15, 0.2) is 0 Å². The zero-order chi connectivity index (χ0) is 10.0. The van der Waals surface area contributed by atoms with Crippen molar-refractivity contribution in [3.63, 3.8) is 0 Å². The molecule has 0 aromatic rings. The van der Waals surface area contributed by atoms with Crippen molar-refractivity contribution in [2.75, 3.05) is 33.8 Å². The Bertz CT molecular complexity index is 196. The lowest BCUT2D eigenvalue weighted by Crippen LogP contribution is -2.45. The fourth-order valence-electron chi connectivity index (χ4n) is 1.89. The molecular weight excluding hydrogens is 168 g/mol. The number of rotatable bonds is 1. The highest BCUT2D eigenvalue weighted by Gasteiger charge is 2.30. The molecule has 1 amide bonds. The third-order valence-corrected chi connectivity index (χ3v) is 2.55. The average molecular weight is 186 g/mol. The van der Waals surface area contributed by atoms with Crippen molar-refractivity contribution in [1.82, 2.24) is 9.80 Å². The van der Waals surface area contributed by atoms with Gasteiger partial charge in [-0.15, -0.1) is 0 Å². The molecule has 13 heavy (non-hydrogen) atoms. The van der Waals surface area contributed by atoms with Gasteiger partial charge in [-0.2, -0.15) is 0 Å². The minimum Gasteiger partial charge on any atom is -0.394 e. The van der Waals surface area contributed by atoms with E-state index < -0.39 is 0 Å². The second-order valence-corrected chi connectivity index (χ2v) is 3.96. The lowest BCUT2D eigenvalue weighted by molar-refractivity contribution is -0.135. The summed E-state index contributed by atoms with van der Waals surface area (Å²) in [5, 5.41) is 9.07.